The summed E-state index contributed by atoms with van der Waals surface area (Å²) in [5.74, 6) is -0.589. The highest BCUT2D eigenvalue weighted by atomic mass is 19.4. The maximum absolute atomic E-state index is 13.6. The Morgan fingerprint density at radius 2 is 1.53 bits per heavy atom. The molecule has 0 aliphatic carbocycles. The quantitative estimate of drug-likeness (QED) is 0.715. The normalized spacial score (nSPS) is 22.4. The molecule has 30 heavy (non-hydrogen) atoms. The summed E-state index contributed by atoms with van der Waals surface area (Å²) >= 11 is 0. The standard InChI is InChI=1S/C20H22F5N5/c21-16-11-30(12-17(16)22)18-15(20(23,24)25)10-26-19(28-18)27-13-4-6-14(7-5-13)29-8-2-1-3-9-29/h4-7,10,16-17H,1-3,8-9,11-12H2,(H,26,27,28)/t16-,17-/m0/s1. The molecule has 2 atom stereocenters. The molecule has 2 aromatic rings. The van der Waals surface area contributed by atoms with E-state index >= 15 is 0 Å². The molecular weight excluding hydrogens is 405 g/mol. The van der Waals surface area contributed by atoms with E-state index in [4.69, 9.17) is 0 Å². The van der Waals surface area contributed by atoms with Gasteiger partial charge in [0, 0.05) is 30.7 Å². The fraction of sp³-hybridized carbons (Fsp3) is 0.500. The van der Waals surface area contributed by atoms with E-state index in [1.165, 1.54) is 6.42 Å². The minimum absolute atomic E-state index is 0.0681. The highest BCUT2D eigenvalue weighted by molar-refractivity contribution is 5.61. The SMILES string of the molecule is F[C@H]1CN(c2nc(Nc3ccc(N4CCCCC4)cc3)ncc2C(F)(F)F)C[C@@H]1F. The van der Waals surface area contributed by atoms with Crippen molar-refractivity contribution >= 4 is 23.1 Å². The number of halogens is 5. The molecule has 3 heterocycles. The van der Waals surface area contributed by atoms with Crippen molar-refractivity contribution in [3.63, 3.8) is 0 Å². The number of nitrogens with one attached hydrogen (secondary N) is 1. The van der Waals surface area contributed by atoms with Crippen molar-refractivity contribution in [2.75, 3.05) is 41.3 Å². The van der Waals surface area contributed by atoms with Crippen molar-refractivity contribution < 1.29 is 22.0 Å². The molecular formula is C20H22F5N5. The number of piperidine rings is 1. The summed E-state index contributed by atoms with van der Waals surface area (Å²) in [4.78, 5) is 11.0. The van der Waals surface area contributed by atoms with Gasteiger partial charge in [0.25, 0.3) is 0 Å². The second-order valence-corrected chi connectivity index (χ2v) is 7.59. The van der Waals surface area contributed by atoms with Crippen LogP contribution in [0.2, 0.25) is 0 Å². The number of hydrogen-bond donors (Lipinski definition) is 1. The molecule has 0 spiro atoms. The zero-order chi connectivity index (χ0) is 21.3. The molecule has 1 N–H and O–H groups in total. The highest BCUT2D eigenvalue weighted by Crippen LogP contribution is 2.37. The number of rotatable bonds is 4. The summed E-state index contributed by atoms with van der Waals surface area (Å²) in [7, 11) is 0. The van der Waals surface area contributed by atoms with E-state index in [0.717, 1.165) is 36.5 Å². The number of hydrogen-bond acceptors (Lipinski definition) is 5. The lowest BCUT2D eigenvalue weighted by Crippen LogP contribution is -2.29. The van der Waals surface area contributed by atoms with Gasteiger partial charge in [-0.3, -0.25) is 0 Å². The Morgan fingerprint density at radius 3 is 2.13 bits per heavy atom. The van der Waals surface area contributed by atoms with Gasteiger partial charge in [0.05, 0.1) is 13.1 Å². The molecule has 2 aliphatic heterocycles. The third kappa shape index (κ3) is 4.41. The number of anilines is 4. The summed E-state index contributed by atoms with van der Waals surface area (Å²) in [6.07, 6.45) is -4.25. The lowest BCUT2D eigenvalue weighted by molar-refractivity contribution is -0.137. The van der Waals surface area contributed by atoms with Crippen LogP contribution in [0.15, 0.2) is 30.5 Å². The predicted octanol–water partition coefficient (Wildman–Crippen LogP) is 4.73. The number of nitrogens with zero attached hydrogens (tertiary/aromatic N) is 4. The van der Waals surface area contributed by atoms with E-state index in [-0.39, 0.29) is 5.95 Å². The first kappa shape index (κ1) is 20.6. The van der Waals surface area contributed by atoms with E-state index in [9.17, 15) is 22.0 Å². The topological polar surface area (TPSA) is 44.3 Å². The monoisotopic (exact) mass is 427 g/mol. The van der Waals surface area contributed by atoms with Gasteiger partial charge in [-0.2, -0.15) is 18.2 Å². The summed E-state index contributed by atoms with van der Waals surface area (Å²) < 4.78 is 67.2. The molecule has 2 fully saturated rings. The van der Waals surface area contributed by atoms with Gasteiger partial charge >= 0.3 is 6.18 Å². The molecule has 1 aromatic carbocycles. The van der Waals surface area contributed by atoms with Crippen LogP contribution in [-0.4, -0.2) is 48.5 Å². The third-order valence-corrected chi connectivity index (χ3v) is 5.40. The van der Waals surface area contributed by atoms with Crippen LogP contribution in [0.25, 0.3) is 0 Å². The van der Waals surface area contributed by atoms with Crippen LogP contribution in [0.4, 0.5) is 45.1 Å². The first-order valence-electron chi connectivity index (χ1n) is 9.90. The molecule has 0 amide bonds. The number of alkyl halides is 5. The zero-order valence-electron chi connectivity index (χ0n) is 16.2. The van der Waals surface area contributed by atoms with Gasteiger partial charge < -0.3 is 15.1 Å². The van der Waals surface area contributed by atoms with Crippen molar-refractivity contribution in [3.8, 4) is 0 Å². The van der Waals surface area contributed by atoms with E-state index in [2.05, 4.69) is 20.2 Å². The second-order valence-electron chi connectivity index (χ2n) is 7.59. The Kier molecular flexibility index (Phi) is 5.66. The Bertz CT molecular complexity index is 857. The van der Waals surface area contributed by atoms with Gasteiger partial charge in [-0.1, -0.05) is 0 Å². The maximum Gasteiger partial charge on any atom is 0.421 e. The van der Waals surface area contributed by atoms with Gasteiger partial charge in [0.1, 0.15) is 11.4 Å². The predicted molar refractivity (Wildman–Crippen MR) is 105 cm³/mol. The lowest BCUT2D eigenvalue weighted by atomic mass is 10.1. The van der Waals surface area contributed by atoms with Crippen molar-refractivity contribution in [2.45, 2.75) is 37.8 Å². The first-order valence-corrected chi connectivity index (χ1v) is 9.90. The maximum atomic E-state index is 13.6. The second kappa shape index (κ2) is 8.23. The Labute approximate surface area is 170 Å². The van der Waals surface area contributed by atoms with Crippen LogP contribution < -0.4 is 15.1 Å². The Hall–Kier alpha value is -2.65. The van der Waals surface area contributed by atoms with Crippen molar-refractivity contribution in [2.24, 2.45) is 0 Å². The summed E-state index contributed by atoms with van der Waals surface area (Å²) in [6, 6.07) is 7.46. The first-order chi connectivity index (χ1) is 14.3. The largest absolute Gasteiger partial charge is 0.421 e. The lowest BCUT2D eigenvalue weighted by Gasteiger charge is -2.28. The van der Waals surface area contributed by atoms with Gasteiger partial charge in [-0.15, -0.1) is 0 Å². The van der Waals surface area contributed by atoms with Gasteiger partial charge in [0.15, 0.2) is 12.3 Å². The van der Waals surface area contributed by atoms with Crippen molar-refractivity contribution in [1.82, 2.24) is 9.97 Å². The molecule has 0 radical (unpaired) electrons. The number of aromatic nitrogens is 2. The van der Waals surface area contributed by atoms with Crippen molar-refractivity contribution in [1.29, 1.82) is 0 Å². The molecule has 4 rings (SSSR count). The molecule has 10 heteroatoms. The molecule has 162 valence electrons. The Balaban J connectivity index is 1.55. The molecule has 2 saturated heterocycles. The minimum atomic E-state index is -4.73. The van der Waals surface area contributed by atoms with Crippen molar-refractivity contribution in [3.05, 3.63) is 36.0 Å². The summed E-state index contributed by atoms with van der Waals surface area (Å²) in [6.45, 7) is 1.04. The van der Waals surface area contributed by atoms with E-state index in [1.54, 1.807) is 12.1 Å². The van der Waals surface area contributed by atoms with Crippen LogP contribution >= 0.6 is 0 Å². The zero-order valence-corrected chi connectivity index (χ0v) is 16.2. The molecule has 1 aromatic heterocycles. The van der Waals surface area contributed by atoms with Gasteiger partial charge in [-0.25, -0.2) is 13.8 Å². The van der Waals surface area contributed by atoms with Crippen LogP contribution in [-0.2, 0) is 6.18 Å². The summed E-state index contributed by atoms with van der Waals surface area (Å²) in [5.41, 5.74) is 0.568. The molecule has 0 unspecified atom stereocenters. The minimum Gasteiger partial charge on any atom is -0.372 e. The number of benzene rings is 1. The Morgan fingerprint density at radius 1 is 0.900 bits per heavy atom. The van der Waals surface area contributed by atoms with Crippen LogP contribution in [0.1, 0.15) is 24.8 Å². The average molecular weight is 427 g/mol. The summed E-state index contributed by atoms with van der Waals surface area (Å²) in [5, 5.41) is 2.88. The van der Waals surface area contributed by atoms with E-state index < -0.39 is 43.0 Å². The molecule has 0 saturated carbocycles. The average Bonchev–Trinajstić information content (AvgIpc) is 3.07. The molecule has 0 bridgehead atoms. The molecule has 5 nitrogen and oxygen atoms in total. The third-order valence-electron chi connectivity index (χ3n) is 5.40. The smallest absolute Gasteiger partial charge is 0.372 e. The van der Waals surface area contributed by atoms with Crippen LogP contribution in [0.5, 0.6) is 0 Å². The van der Waals surface area contributed by atoms with Gasteiger partial charge in [-0.05, 0) is 43.5 Å². The fourth-order valence-corrected chi connectivity index (χ4v) is 3.81. The molecule has 2 aliphatic rings. The van der Waals surface area contributed by atoms with E-state index in [1.807, 2.05) is 12.1 Å². The highest BCUT2D eigenvalue weighted by Gasteiger charge is 2.41. The van der Waals surface area contributed by atoms with Crippen LogP contribution in [0, 0.1) is 0 Å². The van der Waals surface area contributed by atoms with Crippen LogP contribution in [0.3, 0.4) is 0 Å². The van der Waals surface area contributed by atoms with Gasteiger partial charge in [0.2, 0.25) is 5.95 Å². The fourth-order valence-electron chi connectivity index (χ4n) is 3.81. The van der Waals surface area contributed by atoms with E-state index in [0.29, 0.717) is 11.9 Å².